The fraction of sp³-hybridized carbons (Fsp3) is 0.800. The molecular weight excluding hydrogens is 156 g/mol. The summed E-state index contributed by atoms with van der Waals surface area (Å²) in [5, 5.41) is 0. The van der Waals surface area contributed by atoms with Gasteiger partial charge in [-0.25, -0.2) is 0 Å². The van der Waals surface area contributed by atoms with Gasteiger partial charge in [-0.15, -0.1) is 0 Å². The zero-order valence-electron chi connectivity index (χ0n) is 4.20. The number of rotatable bonds is 0. The van der Waals surface area contributed by atoms with Crippen LogP contribution >= 0.6 is 15.9 Å². The molecule has 7 heavy (non-hydrogen) atoms. The molecule has 0 bridgehead atoms. The topological polar surface area (TPSA) is 17.1 Å². The van der Waals surface area contributed by atoms with E-state index in [0.717, 1.165) is 12.8 Å². The van der Waals surface area contributed by atoms with Crippen LogP contribution in [0.1, 0.15) is 19.8 Å². The van der Waals surface area contributed by atoms with Crippen LogP contribution in [-0.2, 0) is 4.79 Å². The van der Waals surface area contributed by atoms with Crippen molar-refractivity contribution in [1.82, 2.24) is 0 Å². The van der Waals surface area contributed by atoms with Crippen LogP contribution in [0.5, 0.6) is 0 Å². The van der Waals surface area contributed by atoms with Crippen molar-refractivity contribution in [2.75, 3.05) is 0 Å². The van der Waals surface area contributed by atoms with Gasteiger partial charge in [0.15, 0.2) is 0 Å². The molecule has 1 unspecified atom stereocenters. The van der Waals surface area contributed by atoms with Crippen molar-refractivity contribution >= 4 is 21.7 Å². The van der Waals surface area contributed by atoms with Gasteiger partial charge in [-0.2, -0.15) is 0 Å². The molecule has 1 saturated carbocycles. The van der Waals surface area contributed by atoms with Gasteiger partial charge in [-0.05, 0) is 13.3 Å². The summed E-state index contributed by atoms with van der Waals surface area (Å²) in [7, 11) is 0. The lowest BCUT2D eigenvalue weighted by molar-refractivity contribution is -0.126. The summed E-state index contributed by atoms with van der Waals surface area (Å²) in [6.07, 6.45) is 1.77. The van der Waals surface area contributed by atoms with Gasteiger partial charge < -0.3 is 0 Å². The first kappa shape index (κ1) is 5.29. The van der Waals surface area contributed by atoms with Crippen LogP contribution in [0, 0.1) is 0 Å². The highest BCUT2D eigenvalue weighted by Gasteiger charge is 2.38. The first-order chi connectivity index (χ1) is 3.13. The summed E-state index contributed by atoms with van der Waals surface area (Å²) < 4.78 is -0.146. The van der Waals surface area contributed by atoms with Crippen LogP contribution in [0.4, 0.5) is 0 Å². The maximum absolute atomic E-state index is 10.5. The number of Topliss-reactive ketones (excluding diaryl/α,β-unsaturated/α-hetero) is 1. The Hall–Kier alpha value is 0.150. The van der Waals surface area contributed by atoms with Gasteiger partial charge in [-0.1, -0.05) is 15.9 Å². The SMILES string of the molecule is CC1(Br)CCC1=O. The molecule has 0 aromatic heterocycles. The third-order valence-electron chi connectivity index (χ3n) is 1.40. The molecule has 0 aliphatic heterocycles. The number of hydrogen-bond donors (Lipinski definition) is 0. The normalized spacial score (nSPS) is 40.6. The summed E-state index contributed by atoms with van der Waals surface area (Å²) in [6, 6.07) is 0. The zero-order chi connectivity index (χ0) is 5.49. The van der Waals surface area contributed by atoms with Crippen molar-refractivity contribution in [2.45, 2.75) is 24.1 Å². The monoisotopic (exact) mass is 162 g/mol. The van der Waals surface area contributed by atoms with E-state index in [-0.39, 0.29) is 4.32 Å². The summed E-state index contributed by atoms with van der Waals surface area (Å²) in [6.45, 7) is 1.92. The van der Waals surface area contributed by atoms with Crippen LogP contribution in [0.15, 0.2) is 0 Å². The predicted molar refractivity (Wildman–Crippen MR) is 31.6 cm³/mol. The molecule has 40 valence electrons. The zero-order valence-corrected chi connectivity index (χ0v) is 5.79. The van der Waals surface area contributed by atoms with Crippen LogP contribution in [0.25, 0.3) is 0 Å². The fourth-order valence-corrected chi connectivity index (χ4v) is 0.968. The van der Waals surface area contributed by atoms with Crippen LogP contribution in [0.3, 0.4) is 0 Å². The van der Waals surface area contributed by atoms with Gasteiger partial charge in [0.05, 0.1) is 4.32 Å². The van der Waals surface area contributed by atoms with Crippen LogP contribution in [-0.4, -0.2) is 10.1 Å². The first-order valence-corrected chi connectivity index (χ1v) is 3.14. The lowest BCUT2D eigenvalue weighted by Crippen LogP contribution is -2.38. The van der Waals surface area contributed by atoms with Gasteiger partial charge >= 0.3 is 0 Å². The summed E-state index contributed by atoms with van der Waals surface area (Å²) >= 11 is 3.28. The third kappa shape index (κ3) is 0.717. The van der Waals surface area contributed by atoms with E-state index in [9.17, 15) is 4.79 Å². The molecule has 1 atom stereocenters. The highest BCUT2D eigenvalue weighted by atomic mass is 79.9. The average Bonchev–Trinajstić information content (AvgIpc) is 1.63. The Morgan fingerprint density at radius 3 is 2.29 bits per heavy atom. The number of carbonyl (C=O) groups excluding carboxylic acids is 1. The van der Waals surface area contributed by atoms with E-state index < -0.39 is 0 Å². The van der Waals surface area contributed by atoms with Crippen molar-refractivity contribution in [1.29, 1.82) is 0 Å². The van der Waals surface area contributed by atoms with Gasteiger partial charge in [0.25, 0.3) is 0 Å². The minimum absolute atomic E-state index is 0.146. The number of halogens is 1. The maximum Gasteiger partial charge on any atom is 0.149 e. The van der Waals surface area contributed by atoms with E-state index in [2.05, 4.69) is 15.9 Å². The highest BCUT2D eigenvalue weighted by molar-refractivity contribution is 9.10. The van der Waals surface area contributed by atoms with Gasteiger partial charge in [-0.3, -0.25) is 4.79 Å². The predicted octanol–water partition coefficient (Wildman–Crippen LogP) is 1.50. The lowest BCUT2D eigenvalue weighted by Gasteiger charge is -2.29. The second-order valence-electron chi connectivity index (χ2n) is 2.12. The molecule has 1 aliphatic rings. The molecule has 0 N–H and O–H groups in total. The van der Waals surface area contributed by atoms with E-state index in [0.29, 0.717) is 5.78 Å². The summed E-state index contributed by atoms with van der Waals surface area (Å²) in [5.41, 5.74) is 0. The Kier molecular flexibility index (Phi) is 0.991. The number of ketones is 1. The van der Waals surface area contributed by atoms with E-state index >= 15 is 0 Å². The van der Waals surface area contributed by atoms with Crippen molar-refractivity contribution in [3.63, 3.8) is 0 Å². The number of hydrogen-bond acceptors (Lipinski definition) is 1. The molecule has 0 heterocycles. The lowest BCUT2D eigenvalue weighted by atomic mass is 9.85. The Bertz CT molecular complexity index is 107. The van der Waals surface area contributed by atoms with Gasteiger partial charge in [0, 0.05) is 6.42 Å². The quantitative estimate of drug-likeness (QED) is 0.494. The second kappa shape index (κ2) is 1.31. The molecular formula is C5H7BrO. The highest BCUT2D eigenvalue weighted by Crippen LogP contribution is 2.35. The summed E-state index contributed by atoms with van der Waals surface area (Å²) in [4.78, 5) is 10.5. The largest absolute Gasteiger partial charge is 0.298 e. The minimum atomic E-state index is -0.146. The average molecular weight is 163 g/mol. The maximum atomic E-state index is 10.5. The first-order valence-electron chi connectivity index (χ1n) is 2.35. The molecule has 0 radical (unpaired) electrons. The standard InChI is InChI=1S/C5H7BrO/c1-5(6)3-2-4(5)7/h2-3H2,1H3. The van der Waals surface area contributed by atoms with E-state index in [4.69, 9.17) is 0 Å². The fourth-order valence-electron chi connectivity index (χ4n) is 0.572. The number of alkyl halides is 1. The molecule has 0 saturated heterocycles. The Morgan fingerprint density at radius 1 is 1.86 bits per heavy atom. The molecule has 1 rings (SSSR count). The molecule has 1 aliphatic carbocycles. The van der Waals surface area contributed by atoms with Crippen LogP contribution in [0.2, 0.25) is 0 Å². The second-order valence-corrected chi connectivity index (χ2v) is 3.87. The Morgan fingerprint density at radius 2 is 2.29 bits per heavy atom. The summed E-state index contributed by atoms with van der Waals surface area (Å²) in [5.74, 6) is 0.340. The van der Waals surface area contributed by atoms with E-state index in [1.807, 2.05) is 6.92 Å². The van der Waals surface area contributed by atoms with Crippen molar-refractivity contribution in [3.8, 4) is 0 Å². The van der Waals surface area contributed by atoms with Gasteiger partial charge in [0.2, 0.25) is 0 Å². The molecule has 0 aromatic rings. The minimum Gasteiger partial charge on any atom is -0.298 e. The molecule has 0 amide bonds. The molecule has 0 aromatic carbocycles. The van der Waals surface area contributed by atoms with E-state index in [1.165, 1.54) is 0 Å². The van der Waals surface area contributed by atoms with E-state index in [1.54, 1.807) is 0 Å². The molecule has 1 fully saturated rings. The number of carbonyl (C=O) groups is 1. The Balaban J connectivity index is 2.59. The Labute approximate surface area is 51.2 Å². The van der Waals surface area contributed by atoms with Gasteiger partial charge in [0.1, 0.15) is 5.78 Å². The van der Waals surface area contributed by atoms with Crippen molar-refractivity contribution in [3.05, 3.63) is 0 Å². The molecule has 1 nitrogen and oxygen atoms in total. The van der Waals surface area contributed by atoms with Crippen molar-refractivity contribution in [2.24, 2.45) is 0 Å². The smallest absolute Gasteiger partial charge is 0.149 e. The molecule has 2 heteroatoms. The third-order valence-corrected chi connectivity index (χ3v) is 2.24. The van der Waals surface area contributed by atoms with Crippen molar-refractivity contribution < 1.29 is 4.79 Å². The van der Waals surface area contributed by atoms with Crippen LogP contribution < -0.4 is 0 Å². The molecule has 0 spiro atoms.